The van der Waals surface area contributed by atoms with Gasteiger partial charge in [0.2, 0.25) is 0 Å². The van der Waals surface area contributed by atoms with E-state index in [-0.39, 0.29) is 11.5 Å². The van der Waals surface area contributed by atoms with Crippen LogP contribution in [0.15, 0.2) is 24.3 Å². The topological polar surface area (TPSA) is 26.0 Å². The van der Waals surface area contributed by atoms with Crippen molar-refractivity contribution >= 4 is 0 Å². The van der Waals surface area contributed by atoms with Gasteiger partial charge in [-0.25, -0.2) is 0 Å². The Morgan fingerprint density at radius 2 is 1.67 bits per heavy atom. The van der Waals surface area contributed by atoms with E-state index in [0.717, 1.165) is 5.56 Å². The quantitative estimate of drug-likeness (QED) is 0.807. The Morgan fingerprint density at radius 3 is 2.13 bits per heavy atom. The maximum absolute atomic E-state index is 12.3. The molecule has 1 nitrogen and oxygen atoms in total. The smallest absolute Gasteiger partial charge is 0.316 e. The Kier molecular flexibility index (Phi) is 3.39. The zero-order chi connectivity index (χ0) is 11.6. The maximum atomic E-state index is 12.3. The average molecular weight is 217 g/mol. The minimum Gasteiger partial charge on any atom is -0.316 e. The standard InChI is InChI=1S/C11H14F3N/c1-7(2)8-4-3-5-9(6-8)10(15)11(12,13)14/h3-7,10H,15H2,1-2H3/t10-/m0/s1. The van der Waals surface area contributed by atoms with Crippen molar-refractivity contribution in [2.45, 2.75) is 32.0 Å². The van der Waals surface area contributed by atoms with Gasteiger partial charge in [0, 0.05) is 0 Å². The van der Waals surface area contributed by atoms with Crippen LogP contribution >= 0.6 is 0 Å². The Morgan fingerprint density at radius 1 is 1.13 bits per heavy atom. The molecule has 0 amide bonds. The van der Waals surface area contributed by atoms with E-state index in [9.17, 15) is 13.2 Å². The minimum absolute atomic E-state index is 0.119. The van der Waals surface area contributed by atoms with Crippen LogP contribution in [0.25, 0.3) is 0 Å². The lowest BCUT2D eigenvalue weighted by Crippen LogP contribution is -2.28. The fourth-order valence-corrected chi connectivity index (χ4v) is 1.30. The number of halogens is 3. The van der Waals surface area contributed by atoms with E-state index in [1.165, 1.54) is 12.1 Å². The summed E-state index contributed by atoms with van der Waals surface area (Å²) in [5.74, 6) is 0.199. The van der Waals surface area contributed by atoms with Gasteiger partial charge in [0.25, 0.3) is 0 Å². The molecule has 0 aliphatic rings. The van der Waals surface area contributed by atoms with Crippen LogP contribution in [0.1, 0.15) is 36.9 Å². The van der Waals surface area contributed by atoms with Gasteiger partial charge in [0.1, 0.15) is 6.04 Å². The van der Waals surface area contributed by atoms with Crippen LogP contribution < -0.4 is 5.73 Å². The first-order valence-corrected chi connectivity index (χ1v) is 4.74. The summed E-state index contributed by atoms with van der Waals surface area (Å²) >= 11 is 0. The molecule has 1 aromatic rings. The lowest BCUT2D eigenvalue weighted by atomic mass is 9.98. The third-order valence-electron chi connectivity index (χ3n) is 2.29. The molecule has 0 bridgehead atoms. The summed E-state index contributed by atoms with van der Waals surface area (Å²) < 4.78 is 37.0. The fourth-order valence-electron chi connectivity index (χ4n) is 1.30. The SMILES string of the molecule is CC(C)c1cccc([C@H](N)C(F)(F)F)c1. The summed E-state index contributed by atoms with van der Waals surface area (Å²) in [6.07, 6.45) is -4.38. The first-order chi connectivity index (χ1) is 6.82. The summed E-state index contributed by atoms with van der Waals surface area (Å²) in [6, 6.07) is 4.44. The Bertz CT molecular complexity index is 331. The molecule has 1 aromatic carbocycles. The summed E-state index contributed by atoms with van der Waals surface area (Å²) in [7, 11) is 0. The second-order valence-corrected chi connectivity index (χ2v) is 3.84. The van der Waals surface area contributed by atoms with Crippen LogP contribution in [0.4, 0.5) is 13.2 Å². The molecule has 4 heteroatoms. The summed E-state index contributed by atoms with van der Waals surface area (Å²) in [5.41, 5.74) is 6.10. The zero-order valence-corrected chi connectivity index (χ0v) is 8.68. The van der Waals surface area contributed by atoms with E-state index in [1.54, 1.807) is 12.1 Å². The van der Waals surface area contributed by atoms with Crippen molar-refractivity contribution in [2.75, 3.05) is 0 Å². The van der Waals surface area contributed by atoms with Gasteiger partial charge in [-0.3, -0.25) is 0 Å². The van der Waals surface area contributed by atoms with Crippen molar-refractivity contribution in [3.05, 3.63) is 35.4 Å². The normalized spacial score (nSPS) is 14.3. The van der Waals surface area contributed by atoms with E-state index in [1.807, 2.05) is 13.8 Å². The van der Waals surface area contributed by atoms with Crippen LogP contribution in [-0.2, 0) is 0 Å². The minimum atomic E-state index is -4.38. The van der Waals surface area contributed by atoms with Gasteiger partial charge in [0.05, 0.1) is 0 Å². The Labute approximate surface area is 87.1 Å². The van der Waals surface area contributed by atoms with Crippen LogP contribution in [0.3, 0.4) is 0 Å². The molecule has 0 aliphatic heterocycles. The first-order valence-electron chi connectivity index (χ1n) is 4.74. The molecule has 0 aliphatic carbocycles. The van der Waals surface area contributed by atoms with E-state index < -0.39 is 12.2 Å². The van der Waals surface area contributed by atoms with Gasteiger partial charge in [-0.1, -0.05) is 38.1 Å². The lowest BCUT2D eigenvalue weighted by Gasteiger charge is -2.17. The molecule has 0 unspecified atom stereocenters. The molecule has 84 valence electrons. The number of benzene rings is 1. The van der Waals surface area contributed by atoms with Gasteiger partial charge in [-0.2, -0.15) is 13.2 Å². The number of rotatable bonds is 2. The van der Waals surface area contributed by atoms with Crippen molar-refractivity contribution < 1.29 is 13.2 Å². The predicted octanol–water partition coefficient (Wildman–Crippen LogP) is 3.37. The highest BCUT2D eigenvalue weighted by Crippen LogP contribution is 2.31. The van der Waals surface area contributed by atoms with E-state index >= 15 is 0 Å². The molecular formula is C11H14F3N. The number of hydrogen-bond donors (Lipinski definition) is 1. The van der Waals surface area contributed by atoms with Gasteiger partial charge in [-0.15, -0.1) is 0 Å². The van der Waals surface area contributed by atoms with Gasteiger partial charge in [0.15, 0.2) is 0 Å². The molecule has 0 aromatic heterocycles. The van der Waals surface area contributed by atoms with Crippen LogP contribution in [0.2, 0.25) is 0 Å². The molecule has 0 radical (unpaired) electrons. The molecular weight excluding hydrogens is 203 g/mol. The van der Waals surface area contributed by atoms with Crippen molar-refractivity contribution in [1.82, 2.24) is 0 Å². The second kappa shape index (κ2) is 4.23. The van der Waals surface area contributed by atoms with Crippen LogP contribution in [0.5, 0.6) is 0 Å². The van der Waals surface area contributed by atoms with E-state index in [2.05, 4.69) is 0 Å². The third-order valence-corrected chi connectivity index (χ3v) is 2.29. The molecule has 0 saturated heterocycles. The third kappa shape index (κ3) is 2.96. The number of hydrogen-bond acceptors (Lipinski definition) is 1. The summed E-state index contributed by atoms with van der Waals surface area (Å²) in [5, 5.41) is 0. The molecule has 0 spiro atoms. The van der Waals surface area contributed by atoms with E-state index in [0.29, 0.717) is 0 Å². The van der Waals surface area contributed by atoms with Crippen molar-refractivity contribution in [1.29, 1.82) is 0 Å². The molecule has 2 N–H and O–H groups in total. The predicted molar refractivity (Wildman–Crippen MR) is 53.5 cm³/mol. The molecule has 1 rings (SSSR count). The van der Waals surface area contributed by atoms with Crippen molar-refractivity contribution in [3.63, 3.8) is 0 Å². The first kappa shape index (κ1) is 12.0. The monoisotopic (exact) mass is 217 g/mol. The zero-order valence-electron chi connectivity index (χ0n) is 8.68. The highest BCUT2D eigenvalue weighted by atomic mass is 19.4. The lowest BCUT2D eigenvalue weighted by molar-refractivity contribution is -0.149. The Hall–Kier alpha value is -1.03. The maximum Gasteiger partial charge on any atom is 0.407 e. The van der Waals surface area contributed by atoms with Crippen LogP contribution in [-0.4, -0.2) is 6.18 Å². The van der Waals surface area contributed by atoms with E-state index in [4.69, 9.17) is 5.73 Å². The van der Waals surface area contributed by atoms with Crippen LogP contribution in [0, 0.1) is 0 Å². The highest BCUT2D eigenvalue weighted by molar-refractivity contribution is 5.28. The van der Waals surface area contributed by atoms with Gasteiger partial charge in [-0.05, 0) is 17.0 Å². The largest absolute Gasteiger partial charge is 0.407 e. The highest BCUT2D eigenvalue weighted by Gasteiger charge is 2.37. The van der Waals surface area contributed by atoms with Gasteiger partial charge < -0.3 is 5.73 Å². The molecule has 1 atom stereocenters. The molecule has 0 fully saturated rings. The molecule has 15 heavy (non-hydrogen) atoms. The summed E-state index contributed by atoms with van der Waals surface area (Å²) in [4.78, 5) is 0. The Balaban J connectivity index is 3.00. The number of alkyl halides is 3. The molecule has 0 saturated carbocycles. The number of nitrogens with two attached hydrogens (primary N) is 1. The average Bonchev–Trinajstić information content (AvgIpc) is 2.15. The molecule has 0 heterocycles. The van der Waals surface area contributed by atoms with Crippen molar-refractivity contribution in [2.24, 2.45) is 5.73 Å². The summed E-state index contributed by atoms with van der Waals surface area (Å²) in [6.45, 7) is 3.86. The fraction of sp³-hybridized carbons (Fsp3) is 0.455. The van der Waals surface area contributed by atoms with Crippen molar-refractivity contribution in [3.8, 4) is 0 Å². The van der Waals surface area contributed by atoms with Gasteiger partial charge >= 0.3 is 6.18 Å². The second-order valence-electron chi connectivity index (χ2n) is 3.84.